The molecule has 1 unspecified atom stereocenters. The van der Waals surface area contributed by atoms with Gasteiger partial charge in [0.05, 0.1) is 0 Å². The topological polar surface area (TPSA) is 63.8 Å². The minimum absolute atomic E-state index is 0.101. The minimum atomic E-state index is -0.699. The molecule has 0 aliphatic carbocycles. The molecule has 1 aromatic rings. The highest BCUT2D eigenvalue weighted by Gasteiger charge is 2.04. The summed E-state index contributed by atoms with van der Waals surface area (Å²) in [5.74, 6) is 0. The van der Waals surface area contributed by atoms with Crippen molar-refractivity contribution in [2.45, 2.75) is 13.0 Å². The van der Waals surface area contributed by atoms with Gasteiger partial charge < -0.3 is 11.1 Å². The van der Waals surface area contributed by atoms with Gasteiger partial charge in [-0.15, -0.1) is 0 Å². The van der Waals surface area contributed by atoms with Crippen molar-refractivity contribution in [2.24, 2.45) is 5.73 Å². The van der Waals surface area contributed by atoms with Crippen LogP contribution in [0.25, 0.3) is 0 Å². The first-order valence-electron chi connectivity index (χ1n) is 4.15. The van der Waals surface area contributed by atoms with Crippen molar-refractivity contribution in [3.8, 4) is 0 Å². The van der Waals surface area contributed by atoms with Gasteiger partial charge in [-0.05, 0) is 6.92 Å². The fraction of sp³-hybridized carbons (Fsp3) is 0.500. The Morgan fingerprint density at radius 3 is 2.69 bits per heavy atom. The van der Waals surface area contributed by atoms with Gasteiger partial charge in [0.15, 0.2) is 0 Å². The summed E-state index contributed by atoms with van der Waals surface area (Å²) in [5, 5.41) is 3.14. The second-order valence-corrected chi connectivity index (χ2v) is 2.75. The Balaban J connectivity index is 2.55. The van der Waals surface area contributed by atoms with Crippen LogP contribution < -0.4 is 11.1 Å². The molecule has 5 heteroatoms. The molecular weight excluding hydrogens is 171 g/mol. The van der Waals surface area contributed by atoms with Crippen molar-refractivity contribution < 1.29 is 4.39 Å². The van der Waals surface area contributed by atoms with Crippen LogP contribution in [0.4, 0.5) is 4.39 Å². The van der Waals surface area contributed by atoms with Gasteiger partial charge in [-0.1, -0.05) is 0 Å². The van der Waals surface area contributed by atoms with E-state index in [-0.39, 0.29) is 6.04 Å². The standard InChI is InChI=1S/C8H13FN4/c1-6(11-3-2-10)7-4-12-8(9)13-5-7/h4-6,11H,2-3,10H2,1H3. The van der Waals surface area contributed by atoms with E-state index in [0.717, 1.165) is 12.1 Å². The van der Waals surface area contributed by atoms with Crippen molar-refractivity contribution in [3.05, 3.63) is 24.0 Å². The zero-order valence-electron chi connectivity index (χ0n) is 7.50. The van der Waals surface area contributed by atoms with Gasteiger partial charge in [-0.3, -0.25) is 0 Å². The van der Waals surface area contributed by atoms with Crippen LogP contribution in [0, 0.1) is 6.08 Å². The van der Waals surface area contributed by atoms with Gasteiger partial charge in [0.2, 0.25) is 0 Å². The summed E-state index contributed by atoms with van der Waals surface area (Å²) in [6.07, 6.45) is 2.24. The first-order chi connectivity index (χ1) is 6.24. The Morgan fingerprint density at radius 2 is 2.15 bits per heavy atom. The van der Waals surface area contributed by atoms with Crippen LogP contribution in [0.5, 0.6) is 0 Å². The third-order valence-corrected chi connectivity index (χ3v) is 1.74. The second kappa shape index (κ2) is 4.84. The predicted octanol–water partition coefficient (Wildman–Crippen LogP) is 0.225. The number of hydrogen-bond acceptors (Lipinski definition) is 4. The van der Waals surface area contributed by atoms with Crippen molar-refractivity contribution in [1.29, 1.82) is 0 Å². The molecule has 0 amide bonds. The van der Waals surface area contributed by atoms with Crippen LogP contribution in [0.1, 0.15) is 18.5 Å². The lowest BCUT2D eigenvalue weighted by Crippen LogP contribution is -2.25. The van der Waals surface area contributed by atoms with Crippen LogP contribution in [0.3, 0.4) is 0 Å². The van der Waals surface area contributed by atoms with Crippen molar-refractivity contribution in [1.82, 2.24) is 15.3 Å². The fourth-order valence-corrected chi connectivity index (χ4v) is 0.964. The minimum Gasteiger partial charge on any atom is -0.329 e. The van der Waals surface area contributed by atoms with E-state index in [9.17, 15) is 4.39 Å². The van der Waals surface area contributed by atoms with Crippen LogP contribution >= 0.6 is 0 Å². The average Bonchev–Trinajstić information content (AvgIpc) is 2.15. The molecule has 0 spiro atoms. The fourth-order valence-electron chi connectivity index (χ4n) is 0.964. The molecular formula is C8H13FN4. The summed E-state index contributed by atoms with van der Waals surface area (Å²) in [7, 11) is 0. The molecule has 4 nitrogen and oxygen atoms in total. The number of halogens is 1. The summed E-state index contributed by atoms with van der Waals surface area (Å²) >= 11 is 0. The summed E-state index contributed by atoms with van der Waals surface area (Å²) < 4.78 is 12.3. The lowest BCUT2D eigenvalue weighted by molar-refractivity contribution is 0.525. The van der Waals surface area contributed by atoms with E-state index in [4.69, 9.17) is 5.73 Å². The maximum Gasteiger partial charge on any atom is 0.308 e. The Hall–Kier alpha value is -1.07. The van der Waals surface area contributed by atoms with Gasteiger partial charge >= 0.3 is 6.08 Å². The van der Waals surface area contributed by atoms with E-state index in [0.29, 0.717) is 6.54 Å². The molecule has 0 saturated heterocycles. The first-order valence-corrected chi connectivity index (χ1v) is 4.15. The maximum absolute atomic E-state index is 12.3. The number of nitrogens with zero attached hydrogens (tertiary/aromatic N) is 2. The number of rotatable bonds is 4. The molecule has 0 aliphatic rings. The number of hydrogen-bond donors (Lipinski definition) is 2. The van der Waals surface area contributed by atoms with E-state index in [1.165, 1.54) is 12.4 Å². The normalized spacial score (nSPS) is 12.8. The van der Waals surface area contributed by atoms with Crippen LogP contribution in [0.15, 0.2) is 12.4 Å². The average molecular weight is 184 g/mol. The van der Waals surface area contributed by atoms with E-state index in [2.05, 4.69) is 15.3 Å². The molecule has 3 N–H and O–H groups in total. The number of aromatic nitrogens is 2. The third-order valence-electron chi connectivity index (χ3n) is 1.74. The van der Waals surface area contributed by atoms with Gasteiger partial charge in [0, 0.05) is 37.1 Å². The molecule has 0 aliphatic heterocycles. The molecule has 0 aromatic carbocycles. The molecule has 0 fully saturated rings. The molecule has 13 heavy (non-hydrogen) atoms. The van der Waals surface area contributed by atoms with Crippen LogP contribution in [-0.2, 0) is 0 Å². The SMILES string of the molecule is CC(NCCN)c1cnc(F)nc1. The van der Waals surface area contributed by atoms with Gasteiger partial charge in [0.25, 0.3) is 0 Å². The molecule has 72 valence electrons. The lowest BCUT2D eigenvalue weighted by Gasteiger charge is -2.11. The van der Waals surface area contributed by atoms with E-state index in [1.807, 2.05) is 6.92 Å². The Bertz CT molecular complexity index is 249. The quantitative estimate of drug-likeness (QED) is 0.657. The highest BCUT2D eigenvalue weighted by molar-refractivity contribution is 5.07. The number of nitrogens with one attached hydrogen (secondary N) is 1. The molecule has 0 bridgehead atoms. The third kappa shape index (κ3) is 3.04. The van der Waals surface area contributed by atoms with E-state index >= 15 is 0 Å². The summed E-state index contributed by atoms with van der Waals surface area (Å²) in [6.45, 7) is 3.25. The zero-order chi connectivity index (χ0) is 9.68. The van der Waals surface area contributed by atoms with Gasteiger partial charge in [-0.25, -0.2) is 9.97 Å². The van der Waals surface area contributed by atoms with E-state index in [1.54, 1.807) is 0 Å². The van der Waals surface area contributed by atoms with Crippen LogP contribution in [0.2, 0.25) is 0 Å². The van der Waals surface area contributed by atoms with Crippen molar-refractivity contribution in [2.75, 3.05) is 13.1 Å². The monoisotopic (exact) mass is 184 g/mol. The summed E-state index contributed by atoms with van der Waals surface area (Å²) in [5.41, 5.74) is 6.18. The smallest absolute Gasteiger partial charge is 0.308 e. The Labute approximate surface area is 76.4 Å². The van der Waals surface area contributed by atoms with Gasteiger partial charge in [-0.2, -0.15) is 4.39 Å². The summed E-state index contributed by atoms with van der Waals surface area (Å²) in [4.78, 5) is 6.92. The molecule has 0 radical (unpaired) electrons. The highest BCUT2D eigenvalue weighted by atomic mass is 19.1. The molecule has 1 atom stereocenters. The second-order valence-electron chi connectivity index (χ2n) is 2.75. The van der Waals surface area contributed by atoms with Crippen molar-refractivity contribution in [3.63, 3.8) is 0 Å². The Kier molecular flexibility index (Phi) is 3.72. The lowest BCUT2D eigenvalue weighted by atomic mass is 10.2. The first kappa shape index (κ1) is 10.0. The Morgan fingerprint density at radius 1 is 1.54 bits per heavy atom. The molecule has 1 rings (SSSR count). The van der Waals surface area contributed by atoms with E-state index < -0.39 is 6.08 Å². The highest BCUT2D eigenvalue weighted by Crippen LogP contribution is 2.08. The van der Waals surface area contributed by atoms with Crippen LogP contribution in [-0.4, -0.2) is 23.1 Å². The maximum atomic E-state index is 12.3. The largest absolute Gasteiger partial charge is 0.329 e. The predicted molar refractivity (Wildman–Crippen MR) is 47.5 cm³/mol. The van der Waals surface area contributed by atoms with Crippen molar-refractivity contribution >= 4 is 0 Å². The molecule has 1 aromatic heterocycles. The molecule has 1 heterocycles. The summed E-state index contributed by atoms with van der Waals surface area (Å²) in [6, 6.07) is 0.101. The zero-order valence-corrected chi connectivity index (χ0v) is 7.50. The number of nitrogens with two attached hydrogens (primary N) is 1. The molecule has 0 saturated carbocycles. The van der Waals surface area contributed by atoms with Gasteiger partial charge in [0.1, 0.15) is 0 Å².